The lowest BCUT2D eigenvalue weighted by molar-refractivity contribution is 0.494. The van der Waals surface area contributed by atoms with Crippen molar-refractivity contribution in [2.45, 2.75) is 13.8 Å². The average molecular weight is 225 g/mol. The zero-order chi connectivity index (χ0) is 6.15. The summed E-state index contributed by atoms with van der Waals surface area (Å²) < 4.78 is 2.37. The second-order valence-corrected chi connectivity index (χ2v) is 4.15. The lowest BCUT2D eigenvalue weighted by Crippen LogP contribution is -2.04. The number of rotatable bonds is 0. The lowest BCUT2D eigenvalue weighted by atomic mass is 10.0. The molecule has 8 heavy (non-hydrogen) atoms. The fourth-order valence-corrected chi connectivity index (χ4v) is 2.30. The van der Waals surface area contributed by atoms with Crippen molar-refractivity contribution in [1.82, 2.24) is 3.11 Å². The summed E-state index contributed by atoms with van der Waals surface area (Å²) in [5, 5.41) is 0. The van der Waals surface area contributed by atoms with E-state index < -0.39 is 0 Å². The maximum atomic E-state index is 2.40. The minimum absolute atomic E-state index is 0.909. The molecule has 1 aliphatic heterocycles. The molecule has 0 bridgehead atoms. The molecule has 0 amide bonds. The van der Waals surface area contributed by atoms with Crippen molar-refractivity contribution in [3.05, 3.63) is 0 Å². The second-order valence-electron chi connectivity index (χ2n) is 2.78. The fourth-order valence-electron chi connectivity index (χ4n) is 1.06. The van der Waals surface area contributed by atoms with E-state index in [1.54, 1.807) is 0 Å². The van der Waals surface area contributed by atoms with Crippen LogP contribution in [0.15, 0.2) is 0 Å². The van der Waals surface area contributed by atoms with Crippen molar-refractivity contribution in [2.75, 3.05) is 13.1 Å². The van der Waals surface area contributed by atoms with Crippen LogP contribution in [0.5, 0.6) is 0 Å². The second kappa shape index (κ2) is 2.52. The van der Waals surface area contributed by atoms with Gasteiger partial charge in [-0.2, -0.15) is 0 Å². The third-order valence-corrected chi connectivity index (χ3v) is 2.73. The van der Waals surface area contributed by atoms with Crippen LogP contribution in [0, 0.1) is 11.8 Å². The first-order valence-corrected chi connectivity index (χ1v) is 4.07. The predicted molar refractivity (Wildman–Crippen MR) is 43.9 cm³/mol. The van der Waals surface area contributed by atoms with Crippen LogP contribution in [0.2, 0.25) is 0 Å². The van der Waals surface area contributed by atoms with Crippen molar-refractivity contribution >= 4 is 22.9 Å². The molecule has 1 fully saturated rings. The van der Waals surface area contributed by atoms with Crippen molar-refractivity contribution in [3.63, 3.8) is 0 Å². The van der Waals surface area contributed by atoms with E-state index in [2.05, 4.69) is 39.8 Å². The van der Waals surface area contributed by atoms with E-state index in [0.29, 0.717) is 0 Å². The summed E-state index contributed by atoms with van der Waals surface area (Å²) in [4.78, 5) is 0. The zero-order valence-corrected chi connectivity index (χ0v) is 7.55. The predicted octanol–water partition coefficient (Wildman–Crippen LogP) is 1.92. The number of hydrogen-bond donors (Lipinski definition) is 0. The molecule has 48 valence electrons. The maximum absolute atomic E-state index is 2.40. The van der Waals surface area contributed by atoms with E-state index in [1.807, 2.05) is 0 Å². The van der Waals surface area contributed by atoms with Crippen LogP contribution in [0.3, 0.4) is 0 Å². The summed E-state index contributed by atoms with van der Waals surface area (Å²) in [6.45, 7) is 7.20. The third-order valence-electron chi connectivity index (χ3n) is 1.94. The van der Waals surface area contributed by atoms with Crippen molar-refractivity contribution in [1.29, 1.82) is 0 Å². The zero-order valence-electron chi connectivity index (χ0n) is 5.39. The molecule has 0 spiro atoms. The average Bonchev–Trinajstić information content (AvgIpc) is 1.85. The summed E-state index contributed by atoms with van der Waals surface area (Å²) in [6, 6.07) is 0. The van der Waals surface area contributed by atoms with Crippen LogP contribution in [0.4, 0.5) is 0 Å². The Kier molecular flexibility index (Phi) is 2.14. The smallest absolute Gasteiger partial charge is 0.0201 e. The van der Waals surface area contributed by atoms with Crippen LogP contribution in [-0.4, -0.2) is 16.2 Å². The monoisotopic (exact) mass is 225 g/mol. The molecule has 2 heteroatoms. The Bertz CT molecular complexity index is 74.6. The number of halogens is 1. The summed E-state index contributed by atoms with van der Waals surface area (Å²) >= 11 is 2.40. The molecule has 0 aliphatic carbocycles. The van der Waals surface area contributed by atoms with Crippen molar-refractivity contribution in [3.8, 4) is 0 Å². The number of hydrogen-bond acceptors (Lipinski definition) is 1. The van der Waals surface area contributed by atoms with E-state index in [-0.39, 0.29) is 0 Å². The highest BCUT2D eigenvalue weighted by atomic mass is 127. The Morgan fingerprint density at radius 2 is 1.62 bits per heavy atom. The van der Waals surface area contributed by atoms with Crippen LogP contribution in [0.25, 0.3) is 0 Å². The minimum Gasteiger partial charge on any atom is -0.247 e. The Balaban J connectivity index is 2.39. The van der Waals surface area contributed by atoms with Gasteiger partial charge in [0.05, 0.1) is 0 Å². The molecule has 0 saturated carbocycles. The van der Waals surface area contributed by atoms with Gasteiger partial charge in [-0.25, -0.2) is 3.11 Å². The van der Waals surface area contributed by atoms with E-state index >= 15 is 0 Å². The van der Waals surface area contributed by atoms with Crippen molar-refractivity contribution in [2.24, 2.45) is 11.8 Å². The van der Waals surface area contributed by atoms with E-state index in [4.69, 9.17) is 0 Å². The van der Waals surface area contributed by atoms with Gasteiger partial charge < -0.3 is 0 Å². The van der Waals surface area contributed by atoms with Crippen molar-refractivity contribution < 1.29 is 0 Å². The molecule has 1 heterocycles. The van der Waals surface area contributed by atoms with E-state index in [9.17, 15) is 0 Å². The lowest BCUT2D eigenvalue weighted by Gasteiger charge is -2.03. The van der Waals surface area contributed by atoms with Gasteiger partial charge in [0.25, 0.3) is 0 Å². The van der Waals surface area contributed by atoms with Gasteiger partial charge >= 0.3 is 0 Å². The van der Waals surface area contributed by atoms with Gasteiger partial charge in [0.15, 0.2) is 0 Å². The van der Waals surface area contributed by atoms with Gasteiger partial charge in [-0.1, -0.05) is 13.8 Å². The molecule has 2 atom stereocenters. The first-order chi connectivity index (χ1) is 3.70. The SMILES string of the molecule is C[C@H]1CN(I)C[C@@H]1C. The van der Waals surface area contributed by atoms with Crippen LogP contribution < -0.4 is 0 Å². The van der Waals surface area contributed by atoms with Gasteiger partial charge in [0, 0.05) is 36.0 Å². The van der Waals surface area contributed by atoms with E-state index in [0.717, 1.165) is 11.8 Å². The highest BCUT2D eigenvalue weighted by molar-refractivity contribution is 14.1. The fraction of sp³-hybridized carbons (Fsp3) is 1.00. The molecule has 1 rings (SSSR count). The Hall–Kier alpha value is 0.690. The molecule has 0 aromatic heterocycles. The van der Waals surface area contributed by atoms with Crippen LogP contribution >= 0.6 is 22.9 Å². The molecule has 0 aromatic carbocycles. The van der Waals surface area contributed by atoms with Gasteiger partial charge in [-0.3, -0.25) is 0 Å². The molecule has 0 unspecified atom stereocenters. The molecule has 0 radical (unpaired) electrons. The first kappa shape index (κ1) is 6.81. The summed E-state index contributed by atoms with van der Waals surface area (Å²) in [6.07, 6.45) is 0. The summed E-state index contributed by atoms with van der Waals surface area (Å²) in [5.41, 5.74) is 0. The van der Waals surface area contributed by atoms with Gasteiger partial charge in [0.1, 0.15) is 0 Å². The quantitative estimate of drug-likeness (QED) is 0.449. The Labute approximate surface area is 64.9 Å². The van der Waals surface area contributed by atoms with Crippen LogP contribution in [-0.2, 0) is 0 Å². The Morgan fingerprint density at radius 3 is 1.75 bits per heavy atom. The molecule has 1 aliphatic rings. The molecule has 1 saturated heterocycles. The highest BCUT2D eigenvalue weighted by Gasteiger charge is 2.23. The van der Waals surface area contributed by atoms with Gasteiger partial charge in [-0.05, 0) is 11.8 Å². The molecule has 1 nitrogen and oxygen atoms in total. The molecular formula is C6H12IN. The topological polar surface area (TPSA) is 3.24 Å². The Morgan fingerprint density at radius 1 is 1.25 bits per heavy atom. The molecule has 0 aromatic rings. The highest BCUT2D eigenvalue weighted by Crippen LogP contribution is 2.24. The standard InChI is InChI=1S/C6H12IN/c1-5-3-8(7)4-6(5)2/h5-6H,3-4H2,1-2H3/t5-,6-/m0/s1. The largest absolute Gasteiger partial charge is 0.247 e. The summed E-state index contributed by atoms with van der Waals surface area (Å²) in [7, 11) is 0. The first-order valence-electron chi connectivity index (χ1n) is 3.11. The molecular weight excluding hydrogens is 213 g/mol. The molecule has 0 N–H and O–H groups in total. The maximum Gasteiger partial charge on any atom is 0.0201 e. The minimum atomic E-state index is 0.909. The third kappa shape index (κ3) is 1.35. The van der Waals surface area contributed by atoms with Gasteiger partial charge in [-0.15, -0.1) is 0 Å². The normalized spacial score (nSPS) is 40.9. The van der Waals surface area contributed by atoms with Crippen LogP contribution in [0.1, 0.15) is 13.8 Å². The summed E-state index contributed by atoms with van der Waals surface area (Å²) in [5.74, 6) is 1.82. The number of nitrogens with zero attached hydrogens (tertiary/aromatic N) is 1. The van der Waals surface area contributed by atoms with Gasteiger partial charge in [0.2, 0.25) is 0 Å². The van der Waals surface area contributed by atoms with E-state index in [1.165, 1.54) is 13.1 Å².